The van der Waals surface area contributed by atoms with Crippen LogP contribution in [0.25, 0.3) is 6.08 Å². The van der Waals surface area contributed by atoms with Crippen LogP contribution in [0.15, 0.2) is 102 Å². The average Bonchev–Trinajstić information content (AvgIpc) is 3.43. The van der Waals surface area contributed by atoms with Crippen LogP contribution in [0.1, 0.15) is 48.1 Å². The Hall–Kier alpha value is -4.36. The highest BCUT2D eigenvalue weighted by molar-refractivity contribution is 9.10. The molecule has 1 aliphatic carbocycles. The third-order valence-electron chi connectivity index (χ3n) is 8.62. The van der Waals surface area contributed by atoms with Crippen molar-refractivity contribution in [1.82, 2.24) is 0 Å². The number of hydrogen-bond acceptors (Lipinski definition) is 5. The van der Waals surface area contributed by atoms with Crippen molar-refractivity contribution < 1.29 is 23.5 Å². The second-order valence-corrected chi connectivity index (χ2v) is 11.5. The van der Waals surface area contributed by atoms with Gasteiger partial charge in [-0.3, -0.25) is 14.4 Å². The summed E-state index contributed by atoms with van der Waals surface area (Å²) in [6, 6.07) is 23.8. The molecule has 4 aromatic rings. The standard InChI is InChI=1S/C34H23BrFNO4/c1-41-24-6-4-5-21(18-24)31(38)30-29(19-9-12-22(35)13-10-19)34(32(39)25-7-2-3-8-26(25)33(34)40)28-16-11-20-17-23(36)14-15-27(20)37(28)30/h2-18,28-30H,1H3/t28-,29-,30-/m1/s1. The van der Waals surface area contributed by atoms with E-state index >= 15 is 0 Å². The first-order valence-electron chi connectivity index (χ1n) is 13.2. The second kappa shape index (κ2) is 9.35. The van der Waals surface area contributed by atoms with E-state index in [1.165, 1.54) is 19.2 Å². The second-order valence-electron chi connectivity index (χ2n) is 10.6. The predicted molar refractivity (Wildman–Crippen MR) is 157 cm³/mol. The van der Waals surface area contributed by atoms with Crippen LogP contribution in [-0.2, 0) is 0 Å². The Morgan fingerprint density at radius 3 is 2.29 bits per heavy atom. The van der Waals surface area contributed by atoms with Crippen LogP contribution in [0.2, 0.25) is 0 Å². The molecule has 7 rings (SSSR count). The van der Waals surface area contributed by atoms with E-state index in [-0.39, 0.29) is 17.3 Å². The summed E-state index contributed by atoms with van der Waals surface area (Å²) in [6.07, 6.45) is 3.54. The molecule has 2 heterocycles. The number of ether oxygens (including phenoxy) is 1. The van der Waals surface area contributed by atoms with E-state index in [9.17, 15) is 18.8 Å². The molecule has 7 heteroatoms. The summed E-state index contributed by atoms with van der Waals surface area (Å²) >= 11 is 3.49. The van der Waals surface area contributed by atoms with Crippen molar-refractivity contribution >= 4 is 45.0 Å². The molecule has 1 spiro atoms. The van der Waals surface area contributed by atoms with Crippen molar-refractivity contribution in [3.63, 3.8) is 0 Å². The highest BCUT2D eigenvalue weighted by atomic mass is 79.9. The quantitative estimate of drug-likeness (QED) is 0.186. The first-order valence-corrected chi connectivity index (χ1v) is 14.0. The number of fused-ring (bicyclic) bond motifs is 5. The number of carbonyl (C=O) groups excluding carboxylic acids is 3. The minimum absolute atomic E-state index is 0.263. The number of carbonyl (C=O) groups is 3. The number of rotatable bonds is 4. The minimum Gasteiger partial charge on any atom is -0.497 e. The van der Waals surface area contributed by atoms with Crippen LogP contribution >= 0.6 is 15.9 Å². The molecule has 4 aromatic carbocycles. The lowest BCUT2D eigenvalue weighted by molar-refractivity contribution is 0.0666. The summed E-state index contributed by atoms with van der Waals surface area (Å²) in [5.74, 6) is -1.62. The van der Waals surface area contributed by atoms with Crippen molar-refractivity contribution in [3.8, 4) is 5.75 Å². The molecule has 0 aromatic heterocycles. The Balaban J connectivity index is 1.54. The fourth-order valence-electron chi connectivity index (χ4n) is 6.94. The van der Waals surface area contributed by atoms with E-state index in [4.69, 9.17) is 4.74 Å². The molecule has 0 unspecified atom stereocenters. The number of nitrogens with zero attached hydrogens (tertiary/aromatic N) is 1. The summed E-state index contributed by atoms with van der Waals surface area (Å²) in [6.45, 7) is 0. The summed E-state index contributed by atoms with van der Waals surface area (Å²) in [4.78, 5) is 45.8. The molecule has 0 amide bonds. The first kappa shape index (κ1) is 25.6. The Bertz CT molecular complexity index is 1760. The zero-order chi connectivity index (χ0) is 28.5. The lowest BCUT2D eigenvalue weighted by Crippen LogP contribution is -2.48. The summed E-state index contributed by atoms with van der Waals surface area (Å²) in [7, 11) is 1.53. The molecule has 5 nitrogen and oxygen atoms in total. The lowest BCUT2D eigenvalue weighted by atomic mass is 9.64. The Morgan fingerprint density at radius 2 is 1.61 bits per heavy atom. The van der Waals surface area contributed by atoms with Crippen molar-refractivity contribution in [3.05, 3.63) is 135 Å². The van der Waals surface area contributed by atoms with Crippen LogP contribution in [0, 0.1) is 11.2 Å². The number of anilines is 1. The van der Waals surface area contributed by atoms with Crippen LogP contribution < -0.4 is 9.64 Å². The molecule has 0 saturated carbocycles. The maximum Gasteiger partial charge on any atom is 0.186 e. The number of methoxy groups -OCH3 is 1. The van der Waals surface area contributed by atoms with Gasteiger partial charge in [0, 0.05) is 38.3 Å². The van der Waals surface area contributed by atoms with Gasteiger partial charge in [-0.05, 0) is 48.0 Å². The van der Waals surface area contributed by atoms with Crippen LogP contribution in [0.3, 0.4) is 0 Å². The SMILES string of the molecule is COc1cccc(C(=O)[C@H]2[C@@H](c3ccc(Br)cc3)C3(C(=O)c4ccccc4C3=O)[C@H]3C=Cc4cc(F)ccc4N23)c1. The minimum atomic E-state index is -1.61. The zero-order valence-corrected chi connectivity index (χ0v) is 23.5. The topological polar surface area (TPSA) is 63.7 Å². The normalized spacial score (nSPS) is 21.5. The van der Waals surface area contributed by atoms with Crippen LogP contribution in [0.4, 0.5) is 10.1 Å². The fraction of sp³-hybridized carbons (Fsp3) is 0.147. The van der Waals surface area contributed by atoms with Gasteiger partial charge in [-0.2, -0.15) is 0 Å². The predicted octanol–water partition coefficient (Wildman–Crippen LogP) is 6.91. The molecule has 2 aliphatic heterocycles. The monoisotopic (exact) mass is 607 g/mol. The number of benzene rings is 4. The van der Waals surface area contributed by atoms with Gasteiger partial charge in [0.05, 0.1) is 13.2 Å². The van der Waals surface area contributed by atoms with Gasteiger partial charge in [0.15, 0.2) is 17.3 Å². The number of hydrogen-bond donors (Lipinski definition) is 0. The summed E-state index contributed by atoms with van der Waals surface area (Å²) in [5.41, 5.74) is 1.35. The van der Waals surface area contributed by atoms with E-state index in [0.29, 0.717) is 39.3 Å². The highest BCUT2D eigenvalue weighted by Gasteiger charge is 2.71. The largest absolute Gasteiger partial charge is 0.497 e. The molecule has 0 bridgehead atoms. The number of halogens is 2. The lowest BCUT2D eigenvalue weighted by Gasteiger charge is -2.37. The van der Waals surface area contributed by atoms with Crippen molar-refractivity contribution in [2.45, 2.75) is 18.0 Å². The van der Waals surface area contributed by atoms with Gasteiger partial charge in [-0.25, -0.2) is 4.39 Å². The molecule has 202 valence electrons. The molecule has 1 fully saturated rings. The Labute approximate surface area is 244 Å². The van der Waals surface area contributed by atoms with Gasteiger partial charge in [-0.1, -0.05) is 76.6 Å². The molecule has 3 aliphatic rings. The summed E-state index contributed by atoms with van der Waals surface area (Å²) in [5, 5.41) is 0. The molecule has 0 N–H and O–H groups in total. The van der Waals surface area contributed by atoms with E-state index in [1.54, 1.807) is 66.7 Å². The van der Waals surface area contributed by atoms with Crippen LogP contribution in [-0.4, -0.2) is 36.5 Å². The third-order valence-corrected chi connectivity index (χ3v) is 9.15. The Morgan fingerprint density at radius 1 is 0.902 bits per heavy atom. The fourth-order valence-corrected chi connectivity index (χ4v) is 7.20. The van der Waals surface area contributed by atoms with Gasteiger partial charge in [0.25, 0.3) is 0 Å². The highest BCUT2D eigenvalue weighted by Crippen LogP contribution is 2.61. The molecule has 1 saturated heterocycles. The van der Waals surface area contributed by atoms with E-state index in [0.717, 1.165) is 4.47 Å². The summed E-state index contributed by atoms with van der Waals surface area (Å²) < 4.78 is 20.6. The van der Waals surface area contributed by atoms with Crippen molar-refractivity contribution in [2.75, 3.05) is 12.0 Å². The first-order chi connectivity index (χ1) is 19.9. The smallest absolute Gasteiger partial charge is 0.186 e. The Kier molecular flexibility index (Phi) is 5.84. The van der Waals surface area contributed by atoms with Crippen LogP contribution in [0.5, 0.6) is 5.75 Å². The average molecular weight is 608 g/mol. The molecular weight excluding hydrogens is 585 g/mol. The van der Waals surface area contributed by atoms with E-state index in [2.05, 4.69) is 15.9 Å². The van der Waals surface area contributed by atoms with E-state index < -0.39 is 29.2 Å². The van der Waals surface area contributed by atoms with E-state index in [1.807, 2.05) is 29.2 Å². The van der Waals surface area contributed by atoms with Crippen molar-refractivity contribution in [2.24, 2.45) is 5.41 Å². The molecular formula is C34H23BrFNO4. The molecule has 3 atom stereocenters. The number of ketones is 3. The molecule has 41 heavy (non-hydrogen) atoms. The number of Topliss-reactive ketones (excluding diaryl/α,β-unsaturated/α-hetero) is 3. The van der Waals surface area contributed by atoms with Gasteiger partial charge in [-0.15, -0.1) is 0 Å². The van der Waals surface area contributed by atoms with Gasteiger partial charge in [0.2, 0.25) is 0 Å². The third kappa shape index (κ3) is 3.55. The maximum atomic E-state index is 14.7. The van der Waals surface area contributed by atoms with Gasteiger partial charge >= 0.3 is 0 Å². The zero-order valence-electron chi connectivity index (χ0n) is 21.9. The van der Waals surface area contributed by atoms with Crippen molar-refractivity contribution in [1.29, 1.82) is 0 Å². The molecule has 0 radical (unpaired) electrons. The van der Waals surface area contributed by atoms with Gasteiger partial charge in [0.1, 0.15) is 23.0 Å². The van der Waals surface area contributed by atoms with Gasteiger partial charge < -0.3 is 9.64 Å². The maximum absolute atomic E-state index is 14.7.